The van der Waals surface area contributed by atoms with Crippen LogP contribution in [0.5, 0.6) is 0 Å². The van der Waals surface area contributed by atoms with E-state index >= 15 is 0 Å². The Balaban J connectivity index is 0.000000188. The highest BCUT2D eigenvalue weighted by molar-refractivity contribution is 6.31. The fourth-order valence-corrected chi connectivity index (χ4v) is 6.18. The third-order valence-corrected chi connectivity index (χ3v) is 8.74. The molecule has 10 heteroatoms. The fourth-order valence-electron chi connectivity index (χ4n) is 5.97. The number of carbonyl (C=O) groups excluding carboxylic acids is 1. The molecule has 1 aromatic heterocycles. The Hall–Kier alpha value is -4.70. The lowest BCUT2D eigenvalue weighted by molar-refractivity contribution is 0.163. The molecule has 0 saturated heterocycles. The summed E-state index contributed by atoms with van der Waals surface area (Å²) in [6, 6.07) is 16.7. The van der Waals surface area contributed by atoms with Gasteiger partial charge in [-0.2, -0.15) is 0 Å². The van der Waals surface area contributed by atoms with E-state index in [1.165, 1.54) is 16.8 Å². The molecule has 0 fully saturated rings. The minimum absolute atomic E-state index is 0.207. The molecular formula is C38H46ClN7O2. The molecule has 3 unspecified atom stereocenters. The number of carbonyl (C=O) groups is 1. The molecule has 3 aliphatic rings. The van der Waals surface area contributed by atoms with Crippen molar-refractivity contribution in [3.05, 3.63) is 131 Å². The van der Waals surface area contributed by atoms with Gasteiger partial charge < -0.3 is 36.7 Å². The average molecular weight is 668 g/mol. The molecule has 3 aromatic rings. The van der Waals surface area contributed by atoms with E-state index in [1.807, 2.05) is 48.7 Å². The predicted octanol–water partition coefficient (Wildman–Crippen LogP) is 6.89. The van der Waals surface area contributed by atoms with Gasteiger partial charge in [0.25, 0.3) is 0 Å². The Morgan fingerprint density at radius 1 is 1.08 bits per heavy atom. The molecule has 1 aliphatic carbocycles. The van der Waals surface area contributed by atoms with E-state index in [1.54, 1.807) is 18.2 Å². The van der Waals surface area contributed by atoms with Crippen LogP contribution in [-0.2, 0) is 6.42 Å². The van der Waals surface area contributed by atoms with Gasteiger partial charge in [-0.3, -0.25) is 5.32 Å². The lowest BCUT2D eigenvalue weighted by Crippen LogP contribution is -2.45. The first-order chi connectivity index (χ1) is 23.4. The van der Waals surface area contributed by atoms with E-state index in [-0.39, 0.29) is 12.1 Å². The second-order valence-electron chi connectivity index (χ2n) is 12.1. The average Bonchev–Trinajstić information content (AvgIpc) is 3.49. The number of aliphatic hydroxyl groups is 1. The van der Waals surface area contributed by atoms with Crippen LogP contribution >= 0.6 is 11.6 Å². The number of fused-ring (bicyclic) bond motifs is 2. The monoisotopic (exact) mass is 667 g/mol. The number of allylic oxidation sites excluding steroid dienone is 10. The molecule has 0 bridgehead atoms. The summed E-state index contributed by atoms with van der Waals surface area (Å²) in [5.74, 6) is 0. The van der Waals surface area contributed by atoms with Crippen LogP contribution in [0.1, 0.15) is 38.2 Å². The van der Waals surface area contributed by atoms with Crippen molar-refractivity contribution in [1.82, 2.24) is 26.3 Å². The van der Waals surface area contributed by atoms with Crippen LogP contribution in [0.2, 0.25) is 0 Å². The highest BCUT2D eigenvalue weighted by atomic mass is 35.5. The van der Waals surface area contributed by atoms with Crippen molar-refractivity contribution in [3.63, 3.8) is 0 Å². The number of rotatable bonds is 10. The van der Waals surface area contributed by atoms with Crippen molar-refractivity contribution in [2.24, 2.45) is 0 Å². The van der Waals surface area contributed by atoms with Crippen LogP contribution in [0.15, 0.2) is 126 Å². The number of anilines is 2. The number of nitrogens with one attached hydrogen (secondary N) is 7. The number of urea groups is 1. The maximum atomic E-state index is 12.0. The highest BCUT2D eigenvalue weighted by Gasteiger charge is 2.19. The molecular weight excluding hydrogens is 622 g/mol. The van der Waals surface area contributed by atoms with Crippen molar-refractivity contribution >= 4 is 39.9 Å². The Bertz CT molecular complexity index is 1720. The van der Waals surface area contributed by atoms with Gasteiger partial charge in [0.1, 0.15) is 0 Å². The van der Waals surface area contributed by atoms with Crippen LogP contribution in [0.4, 0.5) is 16.2 Å². The third kappa shape index (κ3) is 10.1. The van der Waals surface area contributed by atoms with E-state index in [4.69, 9.17) is 11.6 Å². The summed E-state index contributed by atoms with van der Waals surface area (Å²) in [5.41, 5.74) is 7.76. The predicted molar refractivity (Wildman–Crippen MR) is 199 cm³/mol. The smallest absolute Gasteiger partial charge is 0.319 e. The summed E-state index contributed by atoms with van der Waals surface area (Å²) in [7, 11) is 0. The maximum Gasteiger partial charge on any atom is 0.319 e. The van der Waals surface area contributed by atoms with Gasteiger partial charge in [-0.1, -0.05) is 72.8 Å². The molecule has 3 heterocycles. The first-order valence-electron chi connectivity index (χ1n) is 16.5. The molecule has 2 aliphatic heterocycles. The SMILES string of the molecule is C=C/C=C\C1=C(C)NC(CNC(=O)NC2=CC(Cl)=CC=CC2)CC1.OC(NCC1CCc2ccccc2N1)Nc1cccc2[nH]ccc12. The fraction of sp³-hybridized carbons (Fsp3) is 0.289. The standard InChI is InChI=1S/C19H24ClN3O.C19H22N4O/c1-3-4-7-15-10-11-18(22-14(15)2)13-21-19(24)23-17-9-6-5-8-16(20)12-17;24-19(23-18-7-3-6-17-15(18)10-11-20-17)21-12-14-9-8-13-4-1-2-5-16(13)22-14/h3-8,12,18,22H,1,9-11,13H2,2H3,(H2,21,23,24);1-7,10-11,14,19-24H,8-9,12H2/b7-4-;. The molecule has 9 nitrogen and oxygen atoms in total. The molecule has 252 valence electrons. The van der Waals surface area contributed by atoms with Gasteiger partial charge in [-0.15, -0.1) is 0 Å². The number of amides is 2. The number of aryl methyl sites for hydroxylation is 1. The van der Waals surface area contributed by atoms with Crippen molar-refractivity contribution in [3.8, 4) is 0 Å². The Morgan fingerprint density at radius 2 is 1.92 bits per heavy atom. The van der Waals surface area contributed by atoms with Gasteiger partial charge in [0.05, 0.1) is 0 Å². The van der Waals surface area contributed by atoms with Crippen molar-refractivity contribution in [2.45, 2.75) is 57.5 Å². The largest absolute Gasteiger partial charge is 0.384 e. The van der Waals surface area contributed by atoms with E-state index in [0.29, 0.717) is 30.6 Å². The molecule has 2 aromatic carbocycles. The number of hydrogen-bond acceptors (Lipinski definition) is 6. The Labute approximate surface area is 288 Å². The van der Waals surface area contributed by atoms with Gasteiger partial charge >= 0.3 is 6.03 Å². The first kappa shape index (κ1) is 34.6. The number of H-pyrrole nitrogens is 1. The number of halogens is 1. The van der Waals surface area contributed by atoms with Gasteiger partial charge in [0, 0.05) is 76.5 Å². The zero-order valence-electron chi connectivity index (χ0n) is 27.4. The van der Waals surface area contributed by atoms with Gasteiger partial charge in [0.2, 0.25) is 0 Å². The number of hydrogen-bond donors (Lipinski definition) is 8. The topological polar surface area (TPSA) is 125 Å². The lowest BCUT2D eigenvalue weighted by Gasteiger charge is -2.28. The van der Waals surface area contributed by atoms with Crippen molar-refractivity contribution < 1.29 is 9.90 Å². The lowest BCUT2D eigenvalue weighted by atomic mass is 9.98. The first-order valence-corrected chi connectivity index (χ1v) is 16.9. The second-order valence-corrected chi connectivity index (χ2v) is 12.5. The maximum absolute atomic E-state index is 12.0. The molecule has 8 N–H and O–H groups in total. The summed E-state index contributed by atoms with van der Waals surface area (Å²) in [4.78, 5) is 15.2. The molecule has 0 saturated carbocycles. The third-order valence-electron chi connectivity index (χ3n) is 8.51. The number of aromatic nitrogens is 1. The van der Waals surface area contributed by atoms with E-state index in [0.717, 1.165) is 53.7 Å². The molecule has 48 heavy (non-hydrogen) atoms. The van der Waals surface area contributed by atoms with E-state index in [2.05, 4.69) is 80.7 Å². The van der Waals surface area contributed by atoms with Crippen molar-refractivity contribution in [2.75, 3.05) is 23.7 Å². The minimum Gasteiger partial charge on any atom is -0.384 e. The summed E-state index contributed by atoms with van der Waals surface area (Å²) < 4.78 is 0. The summed E-state index contributed by atoms with van der Waals surface area (Å²) in [6.07, 6.45) is 19.1. The number of aliphatic hydroxyl groups excluding tert-OH is 1. The Morgan fingerprint density at radius 3 is 2.77 bits per heavy atom. The Kier molecular flexibility index (Phi) is 12.6. The molecule has 6 rings (SSSR count). The number of benzene rings is 2. The van der Waals surface area contributed by atoms with Crippen molar-refractivity contribution in [1.29, 1.82) is 0 Å². The van der Waals surface area contributed by atoms with Gasteiger partial charge in [0.15, 0.2) is 6.35 Å². The second kappa shape index (κ2) is 17.5. The molecule has 3 atom stereocenters. The van der Waals surface area contributed by atoms with Crippen LogP contribution < -0.4 is 31.9 Å². The summed E-state index contributed by atoms with van der Waals surface area (Å²) in [5, 5.41) is 31.0. The zero-order valence-corrected chi connectivity index (χ0v) is 28.1. The molecule has 0 spiro atoms. The van der Waals surface area contributed by atoms with Gasteiger partial charge in [-0.05, 0) is 80.2 Å². The van der Waals surface area contributed by atoms with Crippen LogP contribution in [0.3, 0.4) is 0 Å². The van der Waals surface area contributed by atoms with Crippen LogP contribution in [-0.4, -0.2) is 47.6 Å². The quantitative estimate of drug-likeness (QED) is 0.0880. The highest BCUT2D eigenvalue weighted by Crippen LogP contribution is 2.25. The van der Waals surface area contributed by atoms with Crippen LogP contribution in [0.25, 0.3) is 10.9 Å². The molecule has 0 radical (unpaired) electrons. The van der Waals surface area contributed by atoms with Gasteiger partial charge in [-0.25, -0.2) is 4.79 Å². The number of para-hydroxylation sites is 1. The van der Waals surface area contributed by atoms with E-state index < -0.39 is 6.35 Å². The normalized spacial score (nSPS) is 19.4. The minimum atomic E-state index is -0.788. The number of aromatic amines is 1. The summed E-state index contributed by atoms with van der Waals surface area (Å²) >= 11 is 6.00. The van der Waals surface area contributed by atoms with Crippen LogP contribution in [0, 0.1) is 0 Å². The van der Waals surface area contributed by atoms with E-state index in [9.17, 15) is 9.90 Å². The zero-order chi connectivity index (χ0) is 33.7. The summed E-state index contributed by atoms with van der Waals surface area (Å²) in [6.45, 7) is 7.03. The molecule has 2 amide bonds.